The molecule has 0 saturated carbocycles. The van der Waals surface area contributed by atoms with Gasteiger partial charge in [-0.05, 0) is 62.3 Å². The van der Waals surface area contributed by atoms with Crippen LogP contribution in [0.1, 0.15) is 67.8 Å². The summed E-state index contributed by atoms with van der Waals surface area (Å²) in [4.78, 5) is 46.2. The zero-order valence-corrected chi connectivity index (χ0v) is 29.0. The number of carbonyl (C=O) groups excluding carboxylic acids is 3. The summed E-state index contributed by atoms with van der Waals surface area (Å²) in [7, 11) is 0. The molecule has 0 aromatic heterocycles. The third-order valence-electron chi connectivity index (χ3n) is 8.38. The second kappa shape index (κ2) is 17.8. The Labute approximate surface area is 296 Å². The van der Waals surface area contributed by atoms with Crippen molar-refractivity contribution in [3.8, 4) is 0 Å². The van der Waals surface area contributed by atoms with Gasteiger partial charge in [-0.3, -0.25) is 14.4 Å². The molecule has 0 aliphatic carbocycles. The largest absolute Gasteiger partial charge is 0.416 e. The number of likely N-dealkylation sites (tertiary alicyclic amines) is 1. The predicted octanol–water partition coefficient (Wildman–Crippen LogP) is 5.19. The molecule has 13 heteroatoms. The molecule has 4 rings (SSSR count). The van der Waals surface area contributed by atoms with Crippen LogP contribution in [0.3, 0.4) is 0 Å². The predicted molar refractivity (Wildman–Crippen MR) is 189 cm³/mol. The Bertz CT molecular complexity index is 1670. The number of hydrogen-bond donors (Lipinski definition) is 4. The molecule has 1 unspecified atom stereocenters. The minimum absolute atomic E-state index is 0.0776. The first-order valence-corrected chi connectivity index (χ1v) is 16.7. The molecule has 51 heavy (non-hydrogen) atoms. The Kier molecular flexibility index (Phi) is 13.5. The number of halogens is 3. The Morgan fingerprint density at radius 1 is 0.980 bits per heavy atom. The van der Waals surface area contributed by atoms with Crippen LogP contribution in [0.25, 0.3) is 0 Å². The summed E-state index contributed by atoms with van der Waals surface area (Å²) in [5, 5.41) is 8.47. The molecule has 5 N–H and O–H groups in total. The smallest absolute Gasteiger partial charge is 0.374 e. The lowest BCUT2D eigenvalue weighted by atomic mass is 9.88. The summed E-state index contributed by atoms with van der Waals surface area (Å²) < 4.78 is 45.7. The fourth-order valence-electron chi connectivity index (χ4n) is 5.56. The summed E-state index contributed by atoms with van der Waals surface area (Å²) in [6, 6.07) is 21.8. The molecule has 3 aromatic carbocycles. The maximum absolute atomic E-state index is 14.0. The third kappa shape index (κ3) is 11.5. The van der Waals surface area contributed by atoms with Gasteiger partial charge in [0.25, 0.3) is 5.91 Å². The summed E-state index contributed by atoms with van der Waals surface area (Å²) >= 11 is 0. The molecular formula is C38H45F3N6O4. The third-order valence-corrected chi connectivity index (χ3v) is 8.38. The van der Waals surface area contributed by atoms with E-state index >= 15 is 0 Å². The van der Waals surface area contributed by atoms with Crippen molar-refractivity contribution in [2.75, 3.05) is 19.7 Å². The molecule has 1 aliphatic rings. The number of nitrogens with one attached hydrogen (secondary N) is 3. The first kappa shape index (κ1) is 38.8. The zero-order valence-electron chi connectivity index (χ0n) is 29.0. The number of nitrogens with zero attached hydrogens (tertiary/aromatic N) is 2. The first-order valence-electron chi connectivity index (χ1n) is 16.7. The number of aliphatic imine (C=N–C) groups is 1. The molecule has 3 amide bonds. The first-order chi connectivity index (χ1) is 24.3. The number of benzene rings is 3. The number of rotatable bonds is 14. The van der Waals surface area contributed by atoms with Crippen molar-refractivity contribution < 1.29 is 32.3 Å². The molecule has 1 heterocycles. The van der Waals surface area contributed by atoms with Crippen LogP contribution in [0, 0.1) is 0 Å². The highest BCUT2D eigenvalue weighted by Crippen LogP contribution is 2.34. The Morgan fingerprint density at radius 2 is 1.63 bits per heavy atom. The quantitative estimate of drug-likeness (QED) is 0.171. The number of nitrogens with two attached hydrogens (primary N) is 1. The lowest BCUT2D eigenvalue weighted by molar-refractivity contribution is -0.137. The van der Waals surface area contributed by atoms with Crippen LogP contribution >= 0.6 is 0 Å². The number of ether oxygens (including phenoxy) is 1. The molecule has 10 nitrogen and oxygen atoms in total. The van der Waals surface area contributed by atoms with Gasteiger partial charge in [0.1, 0.15) is 17.9 Å². The Morgan fingerprint density at radius 3 is 2.24 bits per heavy atom. The van der Waals surface area contributed by atoms with E-state index in [1.54, 1.807) is 42.2 Å². The standard InChI is InChI=1S/C38H45F3N6O4/c1-4-43-32(46-34(48)31(45-36(50)37(2,3)42)25-51-24-26-12-7-5-8-13-26)23-44-33(28-14-9-6-10-15-28)35(49)47-20-18-27(19-21-47)29-16-11-17-30(22-29)38(39,40)41/h4-17,22-23,27,31,33,44H,18-21,24-25,42H2,1-3H3,(H,45,50)(H,46,48)/b32-23+,43-4-/t31-,33?/m1/s1. The van der Waals surface area contributed by atoms with E-state index in [9.17, 15) is 27.6 Å². The monoisotopic (exact) mass is 706 g/mol. The highest BCUT2D eigenvalue weighted by Gasteiger charge is 2.33. The molecular weight excluding hydrogens is 661 g/mol. The summed E-state index contributed by atoms with van der Waals surface area (Å²) in [5.41, 5.74) is 6.18. The van der Waals surface area contributed by atoms with Gasteiger partial charge >= 0.3 is 6.18 Å². The SMILES string of the molecule is C/C=N\C(=C/NC(C(=O)N1CCC(c2cccc(C(F)(F)F)c2)CC1)c1ccccc1)NC(=O)[C@@H](COCc1ccccc1)NC(=O)C(C)(C)N. The summed E-state index contributed by atoms with van der Waals surface area (Å²) in [5.74, 6) is -1.45. The van der Waals surface area contributed by atoms with Crippen LogP contribution in [0.2, 0.25) is 0 Å². The molecule has 272 valence electrons. The maximum atomic E-state index is 14.0. The van der Waals surface area contributed by atoms with E-state index in [2.05, 4.69) is 20.9 Å². The van der Waals surface area contributed by atoms with E-state index in [1.807, 2.05) is 36.4 Å². The molecule has 0 spiro atoms. The highest BCUT2D eigenvalue weighted by molar-refractivity contribution is 5.92. The van der Waals surface area contributed by atoms with Crippen LogP contribution in [0.15, 0.2) is 102 Å². The molecule has 0 bridgehead atoms. The van der Waals surface area contributed by atoms with Gasteiger partial charge in [-0.15, -0.1) is 0 Å². The van der Waals surface area contributed by atoms with Crippen molar-refractivity contribution in [3.63, 3.8) is 0 Å². The van der Waals surface area contributed by atoms with Gasteiger partial charge < -0.3 is 31.3 Å². The van der Waals surface area contributed by atoms with Crippen molar-refractivity contribution in [1.29, 1.82) is 0 Å². The van der Waals surface area contributed by atoms with E-state index in [4.69, 9.17) is 10.5 Å². The minimum Gasteiger partial charge on any atom is -0.374 e. The van der Waals surface area contributed by atoms with E-state index in [0.717, 1.165) is 11.6 Å². The van der Waals surface area contributed by atoms with Crippen molar-refractivity contribution in [2.24, 2.45) is 10.7 Å². The molecule has 1 aliphatic heterocycles. The van der Waals surface area contributed by atoms with Crippen LogP contribution in [0.4, 0.5) is 13.2 Å². The van der Waals surface area contributed by atoms with E-state index in [1.165, 1.54) is 38.4 Å². The van der Waals surface area contributed by atoms with Crippen molar-refractivity contribution >= 4 is 23.9 Å². The minimum atomic E-state index is -4.43. The molecule has 0 radical (unpaired) electrons. The van der Waals surface area contributed by atoms with Crippen molar-refractivity contribution in [3.05, 3.63) is 119 Å². The summed E-state index contributed by atoms with van der Waals surface area (Å²) in [6.45, 7) is 5.47. The summed E-state index contributed by atoms with van der Waals surface area (Å²) in [6.07, 6.45) is -0.537. The topological polar surface area (TPSA) is 138 Å². The fraction of sp³-hybridized carbons (Fsp3) is 0.368. The molecule has 1 fully saturated rings. The average Bonchev–Trinajstić information content (AvgIpc) is 3.11. The fourth-order valence-corrected chi connectivity index (χ4v) is 5.56. The number of alkyl halides is 3. The van der Waals surface area contributed by atoms with Crippen LogP contribution in [-0.4, -0.2) is 60.1 Å². The Hall–Kier alpha value is -5.01. The average molecular weight is 707 g/mol. The van der Waals surface area contributed by atoms with Crippen molar-refractivity contribution in [2.45, 2.75) is 69.9 Å². The lowest BCUT2D eigenvalue weighted by Gasteiger charge is -2.35. The highest BCUT2D eigenvalue weighted by atomic mass is 19.4. The molecule has 2 atom stereocenters. The number of hydrogen-bond acceptors (Lipinski definition) is 7. The van der Waals surface area contributed by atoms with Crippen molar-refractivity contribution in [1.82, 2.24) is 20.9 Å². The van der Waals surface area contributed by atoms with Crippen LogP contribution in [-0.2, 0) is 31.9 Å². The van der Waals surface area contributed by atoms with Gasteiger partial charge in [0.2, 0.25) is 11.8 Å². The van der Waals surface area contributed by atoms with Gasteiger partial charge in [-0.2, -0.15) is 13.2 Å². The number of piperidine rings is 1. The van der Waals surface area contributed by atoms with Crippen LogP contribution < -0.4 is 21.7 Å². The van der Waals surface area contributed by atoms with E-state index < -0.39 is 41.2 Å². The normalized spacial score (nSPS) is 15.7. The second-order valence-corrected chi connectivity index (χ2v) is 12.9. The molecule has 1 saturated heterocycles. The van der Waals surface area contributed by atoms with E-state index in [-0.39, 0.29) is 30.9 Å². The van der Waals surface area contributed by atoms with E-state index in [0.29, 0.717) is 37.1 Å². The van der Waals surface area contributed by atoms with Gasteiger partial charge in [0, 0.05) is 25.5 Å². The zero-order chi connectivity index (χ0) is 37.0. The maximum Gasteiger partial charge on any atom is 0.416 e. The number of amides is 3. The van der Waals surface area contributed by atoms with Gasteiger partial charge in [0.05, 0.1) is 24.3 Å². The number of carbonyl (C=O) groups is 3. The lowest BCUT2D eigenvalue weighted by Crippen LogP contribution is -2.57. The van der Waals surface area contributed by atoms with Gasteiger partial charge in [0.15, 0.2) is 0 Å². The Balaban J connectivity index is 1.47. The molecule has 3 aromatic rings. The van der Waals surface area contributed by atoms with Gasteiger partial charge in [-0.1, -0.05) is 78.9 Å². The van der Waals surface area contributed by atoms with Crippen LogP contribution in [0.5, 0.6) is 0 Å². The second-order valence-electron chi connectivity index (χ2n) is 12.9. The van der Waals surface area contributed by atoms with Gasteiger partial charge in [-0.25, -0.2) is 4.99 Å².